The third kappa shape index (κ3) is 3.70. The lowest BCUT2D eigenvalue weighted by molar-refractivity contribution is -0.119. The van der Waals surface area contributed by atoms with Gasteiger partial charge in [-0.15, -0.1) is 0 Å². The molecule has 2 unspecified atom stereocenters. The van der Waals surface area contributed by atoms with Crippen molar-refractivity contribution in [1.29, 1.82) is 0 Å². The molecule has 110 valence electrons. The minimum atomic E-state index is 0.0413. The Morgan fingerprint density at radius 3 is 2.95 bits per heavy atom. The number of nitrogens with zero attached hydrogens (tertiary/aromatic N) is 2. The highest BCUT2D eigenvalue weighted by Crippen LogP contribution is 2.20. The minimum absolute atomic E-state index is 0.0413. The van der Waals surface area contributed by atoms with Gasteiger partial charge < -0.3 is 15.5 Å². The predicted octanol–water partition coefficient (Wildman–Crippen LogP) is 1.47. The molecule has 2 atom stereocenters. The summed E-state index contributed by atoms with van der Waals surface area (Å²) in [5.74, 6) is 1.03. The summed E-state index contributed by atoms with van der Waals surface area (Å²) in [4.78, 5) is 17.8. The maximum Gasteiger partial charge on any atom is 0.217 e. The van der Waals surface area contributed by atoms with Gasteiger partial charge >= 0.3 is 0 Å². The second kappa shape index (κ2) is 6.70. The zero-order chi connectivity index (χ0) is 14.5. The maximum atomic E-state index is 11.1. The van der Waals surface area contributed by atoms with E-state index in [2.05, 4.69) is 46.5 Å². The Labute approximate surface area is 120 Å². The number of nitrogens with one attached hydrogen (secondary N) is 2. The summed E-state index contributed by atoms with van der Waals surface area (Å²) in [6.07, 6.45) is 2.92. The number of amides is 1. The Hall–Kier alpha value is -1.62. The van der Waals surface area contributed by atoms with E-state index in [1.54, 1.807) is 6.92 Å². The first-order valence-electron chi connectivity index (χ1n) is 7.31. The Bertz CT molecular complexity index is 446. The first kappa shape index (κ1) is 14.8. The highest BCUT2D eigenvalue weighted by molar-refractivity contribution is 5.73. The number of rotatable bonds is 5. The van der Waals surface area contributed by atoms with Crippen LogP contribution in [0.4, 0.5) is 5.82 Å². The number of anilines is 1. The zero-order valence-corrected chi connectivity index (χ0v) is 12.5. The Kier molecular flexibility index (Phi) is 4.95. The Balaban J connectivity index is 1.95. The van der Waals surface area contributed by atoms with Crippen LogP contribution in [0.15, 0.2) is 18.3 Å². The molecule has 1 aromatic heterocycles. The number of aromatic nitrogens is 1. The van der Waals surface area contributed by atoms with E-state index in [1.807, 2.05) is 6.20 Å². The van der Waals surface area contributed by atoms with Crippen molar-refractivity contribution < 1.29 is 4.79 Å². The summed E-state index contributed by atoms with van der Waals surface area (Å²) >= 11 is 0. The summed E-state index contributed by atoms with van der Waals surface area (Å²) < 4.78 is 0. The fourth-order valence-corrected chi connectivity index (χ4v) is 2.64. The highest BCUT2D eigenvalue weighted by atomic mass is 16.1. The molecule has 0 radical (unpaired) electrons. The van der Waals surface area contributed by atoms with Gasteiger partial charge in [-0.05, 0) is 31.5 Å². The second-order valence-corrected chi connectivity index (χ2v) is 5.36. The van der Waals surface area contributed by atoms with Gasteiger partial charge in [0, 0.05) is 38.3 Å². The van der Waals surface area contributed by atoms with E-state index in [0.717, 1.165) is 31.9 Å². The van der Waals surface area contributed by atoms with Crippen LogP contribution >= 0.6 is 0 Å². The maximum absolute atomic E-state index is 11.1. The number of hydrogen-bond acceptors (Lipinski definition) is 4. The van der Waals surface area contributed by atoms with Gasteiger partial charge in [0.15, 0.2) is 0 Å². The van der Waals surface area contributed by atoms with Crippen LogP contribution in [0.1, 0.15) is 38.8 Å². The monoisotopic (exact) mass is 276 g/mol. The van der Waals surface area contributed by atoms with Crippen LogP contribution in [0.5, 0.6) is 0 Å². The van der Waals surface area contributed by atoms with E-state index < -0.39 is 0 Å². The summed E-state index contributed by atoms with van der Waals surface area (Å²) in [6.45, 7) is 8.55. The van der Waals surface area contributed by atoms with Crippen LogP contribution in [0.25, 0.3) is 0 Å². The molecule has 0 spiro atoms. The van der Waals surface area contributed by atoms with E-state index in [9.17, 15) is 4.79 Å². The van der Waals surface area contributed by atoms with Crippen LogP contribution in [-0.4, -0.2) is 36.6 Å². The van der Waals surface area contributed by atoms with Gasteiger partial charge in [-0.3, -0.25) is 4.79 Å². The lowest BCUT2D eigenvalue weighted by atomic mass is 10.1. The molecule has 0 saturated carbocycles. The van der Waals surface area contributed by atoms with Gasteiger partial charge in [-0.25, -0.2) is 4.98 Å². The molecule has 0 bridgehead atoms. The summed E-state index contributed by atoms with van der Waals surface area (Å²) in [7, 11) is 0. The third-order valence-electron chi connectivity index (χ3n) is 3.70. The summed E-state index contributed by atoms with van der Waals surface area (Å²) in [5, 5.41) is 6.35. The van der Waals surface area contributed by atoms with E-state index in [1.165, 1.54) is 5.56 Å². The molecule has 1 saturated heterocycles. The Morgan fingerprint density at radius 1 is 1.55 bits per heavy atom. The largest absolute Gasteiger partial charge is 0.354 e. The second-order valence-electron chi connectivity index (χ2n) is 5.36. The smallest absolute Gasteiger partial charge is 0.217 e. The lowest BCUT2D eigenvalue weighted by Crippen LogP contribution is -2.35. The van der Waals surface area contributed by atoms with Crippen molar-refractivity contribution in [3.63, 3.8) is 0 Å². The number of carbonyl (C=O) groups excluding carboxylic acids is 1. The van der Waals surface area contributed by atoms with Crippen molar-refractivity contribution in [2.75, 3.05) is 24.5 Å². The summed E-state index contributed by atoms with van der Waals surface area (Å²) in [6, 6.07) is 4.77. The van der Waals surface area contributed by atoms with Gasteiger partial charge in [-0.1, -0.05) is 13.0 Å². The zero-order valence-electron chi connectivity index (χ0n) is 12.5. The van der Waals surface area contributed by atoms with Crippen molar-refractivity contribution in [2.45, 2.75) is 39.3 Å². The van der Waals surface area contributed by atoms with Gasteiger partial charge in [0.2, 0.25) is 5.91 Å². The highest BCUT2D eigenvalue weighted by Gasteiger charge is 2.23. The van der Waals surface area contributed by atoms with E-state index in [4.69, 9.17) is 0 Å². The van der Waals surface area contributed by atoms with Crippen LogP contribution in [0, 0.1) is 0 Å². The minimum Gasteiger partial charge on any atom is -0.354 e. The van der Waals surface area contributed by atoms with Crippen molar-refractivity contribution >= 4 is 11.7 Å². The van der Waals surface area contributed by atoms with E-state index in [0.29, 0.717) is 6.04 Å². The third-order valence-corrected chi connectivity index (χ3v) is 3.70. The molecule has 2 rings (SSSR count). The van der Waals surface area contributed by atoms with Gasteiger partial charge in [-0.2, -0.15) is 0 Å². The van der Waals surface area contributed by atoms with Crippen molar-refractivity contribution in [3.05, 3.63) is 23.9 Å². The van der Waals surface area contributed by atoms with Gasteiger partial charge in [0.05, 0.1) is 0 Å². The van der Waals surface area contributed by atoms with Crippen LogP contribution in [0.3, 0.4) is 0 Å². The molecule has 0 aromatic carbocycles. The average molecular weight is 276 g/mol. The molecular formula is C15H24N4O. The fraction of sp³-hybridized carbons (Fsp3) is 0.600. The normalized spacial score (nSPS) is 19.9. The molecular weight excluding hydrogens is 252 g/mol. The molecule has 1 amide bonds. The SMILES string of the molecule is CCNC(C)c1ccc(N2CCC(NC(C)=O)C2)nc1. The van der Waals surface area contributed by atoms with Crippen LogP contribution in [-0.2, 0) is 4.79 Å². The predicted molar refractivity (Wildman–Crippen MR) is 80.8 cm³/mol. The molecule has 5 nitrogen and oxygen atoms in total. The van der Waals surface area contributed by atoms with Gasteiger partial charge in [0.25, 0.3) is 0 Å². The number of pyridine rings is 1. The van der Waals surface area contributed by atoms with Crippen molar-refractivity contribution in [2.24, 2.45) is 0 Å². The Morgan fingerprint density at radius 2 is 2.35 bits per heavy atom. The molecule has 5 heteroatoms. The van der Waals surface area contributed by atoms with E-state index >= 15 is 0 Å². The topological polar surface area (TPSA) is 57.3 Å². The molecule has 2 N–H and O–H groups in total. The molecule has 1 fully saturated rings. The number of carbonyl (C=O) groups is 1. The van der Waals surface area contributed by atoms with E-state index in [-0.39, 0.29) is 11.9 Å². The first-order valence-corrected chi connectivity index (χ1v) is 7.31. The quantitative estimate of drug-likeness (QED) is 0.855. The molecule has 1 aliphatic rings. The fourth-order valence-electron chi connectivity index (χ4n) is 2.64. The van der Waals surface area contributed by atoms with Gasteiger partial charge in [0.1, 0.15) is 5.82 Å². The standard InChI is InChI=1S/C15H24N4O/c1-4-16-11(2)13-5-6-15(17-9-13)19-8-7-14(10-19)18-12(3)20/h5-6,9,11,14,16H,4,7-8,10H2,1-3H3,(H,18,20). The molecule has 0 aliphatic carbocycles. The molecule has 1 aromatic rings. The molecule has 1 aliphatic heterocycles. The van der Waals surface area contributed by atoms with Crippen LogP contribution in [0.2, 0.25) is 0 Å². The van der Waals surface area contributed by atoms with Crippen molar-refractivity contribution in [3.8, 4) is 0 Å². The van der Waals surface area contributed by atoms with Crippen LogP contribution < -0.4 is 15.5 Å². The summed E-state index contributed by atoms with van der Waals surface area (Å²) in [5.41, 5.74) is 1.20. The lowest BCUT2D eigenvalue weighted by Gasteiger charge is -2.19. The average Bonchev–Trinajstić information content (AvgIpc) is 2.87. The molecule has 20 heavy (non-hydrogen) atoms. The number of hydrogen-bond donors (Lipinski definition) is 2. The molecule has 2 heterocycles. The van der Waals surface area contributed by atoms with Crippen molar-refractivity contribution in [1.82, 2.24) is 15.6 Å². The first-order chi connectivity index (χ1) is 9.60.